The number of amides is 10. The monoisotopic (exact) mass is 1760 g/mol. The molecule has 0 saturated carbocycles. The topological polar surface area (TPSA) is 718 Å². The van der Waals surface area contributed by atoms with E-state index in [1.165, 1.54) is 43.9 Å². The van der Waals surface area contributed by atoms with Crippen LogP contribution in [0.5, 0.6) is 5.75 Å². The zero-order valence-corrected chi connectivity index (χ0v) is 67.4. The van der Waals surface area contributed by atoms with Crippen molar-refractivity contribution in [1.82, 2.24) is 72.8 Å². The van der Waals surface area contributed by atoms with Crippen LogP contribution in [0, 0.1) is 20.2 Å². The lowest BCUT2D eigenvalue weighted by Crippen LogP contribution is -2.60. The second kappa shape index (κ2) is 52.2. The van der Waals surface area contributed by atoms with Crippen LogP contribution in [0.25, 0.3) is 10.8 Å². The number of nitro groups is 2. The van der Waals surface area contributed by atoms with Gasteiger partial charge in [0.15, 0.2) is 0 Å². The molecule has 5 rings (SSSR count). The fourth-order valence-electron chi connectivity index (χ4n) is 12.9. The number of nitro benzene ring substituents is 2. The van der Waals surface area contributed by atoms with Crippen molar-refractivity contribution in [2.24, 2.45) is 0 Å². The summed E-state index contributed by atoms with van der Waals surface area (Å²) in [7, 11) is 0. The Morgan fingerprint density at radius 1 is 0.424 bits per heavy atom. The van der Waals surface area contributed by atoms with Gasteiger partial charge in [0.1, 0.15) is 59.6 Å². The third-order valence-electron chi connectivity index (χ3n) is 19.5. The van der Waals surface area contributed by atoms with Gasteiger partial charge in [-0.2, -0.15) is 0 Å². The standard InChI is InChI=1S/C77H100N16O32/c94-44-125-35-24-55(75(116)117)87-77(120)86-54(74(114)115)18-20-64(99)81-52(72(110)111)9-5-26-79-62(97)23-22-61(96)78-25-4-3-8-53(73(112)113)82-69(107)57(38-46-10-13-47-6-1-2-7-48(47)36-46)83-70(108)56(37-45-11-15-50(95)16-12-45)84-71(109)58(85-68(106)51-17-14-49(92(121)122)39-60(51)93(123)124)40-80-63(98)21-19-59(76(118)119)91-33-31-89(42-66(102)103)29-27-88(41-65(100)101)28-30-90(32-34-91)43-67(104)105/h1-2,6-7,10-17,36,39,44,52-59,95H,3-5,8-9,18-35,37-38,40-43H2,(H,78,96)(H,79,97)(H,80,98)(H,81,99)(H,82,107)(H,83,108)(H,84,109)(H,85,106)(H,100,101)(H,102,103)(H,104,105)(H,110,111)(H,112,113)(H,114,115)(H,116,117)(H,118,119)(H2,86,87,120)/t52?,53-,54+,55+,56-,57-,58+,59?/m1/s1. The lowest BCUT2D eigenvalue weighted by Gasteiger charge is -2.35. The molecule has 4 aromatic rings. The van der Waals surface area contributed by atoms with Gasteiger partial charge < -0.3 is 104 Å². The van der Waals surface area contributed by atoms with Crippen LogP contribution in [0.3, 0.4) is 0 Å². The van der Waals surface area contributed by atoms with Crippen molar-refractivity contribution >= 4 is 130 Å². The number of benzene rings is 4. The summed E-state index contributed by atoms with van der Waals surface area (Å²) >= 11 is 0. The summed E-state index contributed by atoms with van der Waals surface area (Å²) in [6.45, 7) is -3.70. The van der Waals surface area contributed by atoms with Gasteiger partial charge in [-0.05, 0) is 85.0 Å². The van der Waals surface area contributed by atoms with E-state index in [-0.39, 0.29) is 141 Å². The molecule has 0 aromatic heterocycles. The van der Waals surface area contributed by atoms with Crippen molar-refractivity contribution in [3.8, 4) is 5.75 Å². The predicted octanol–water partition coefficient (Wildman–Crippen LogP) is -2.61. The van der Waals surface area contributed by atoms with Gasteiger partial charge in [0.25, 0.3) is 23.8 Å². The fourth-order valence-corrected chi connectivity index (χ4v) is 12.9. The number of carboxylic acids is 8. The minimum absolute atomic E-state index is 0.0143. The van der Waals surface area contributed by atoms with Gasteiger partial charge in [-0.3, -0.25) is 102 Å². The number of phenols is 1. The average molecular weight is 1760 g/mol. The maximum absolute atomic E-state index is 15.1. The van der Waals surface area contributed by atoms with Gasteiger partial charge >= 0.3 is 53.8 Å². The molecule has 1 fully saturated rings. The Bertz CT molecular complexity index is 4490. The summed E-state index contributed by atoms with van der Waals surface area (Å²) in [5.74, 6) is -19.9. The van der Waals surface area contributed by atoms with Crippen molar-refractivity contribution < 1.29 is 147 Å². The number of rotatable bonds is 53. The van der Waals surface area contributed by atoms with E-state index in [0.29, 0.717) is 23.1 Å². The van der Waals surface area contributed by atoms with E-state index in [1.807, 2.05) is 10.6 Å². The number of non-ortho nitro benzene ring substituents is 1. The van der Waals surface area contributed by atoms with Crippen molar-refractivity contribution in [2.75, 3.05) is 98.2 Å². The molecule has 1 aliphatic heterocycles. The minimum Gasteiger partial charge on any atom is -0.508 e. The third kappa shape index (κ3) is 37.4. The molecule has 0 radical (unpaired) electrons. The molecule has 1 saturated heterocycles. The smallest absolute Gasteiger partial charge is 0.326 e. The first-order valence-corrected chi connectivity index (χ1v) is 39.1. The van der Waals surface area contributed by atoms with Crippen LogP contribution >= 0.6 is 0 Å². The summed E-state index contributed by atoms with van der Waals surface area (Å²) in [5.41, 5.74) is -2.17. The lowest BCUT2D eigenvalue weighted by molar-refractivity contribution is -0.394. The largest absolute Gasteiger partial charge is 0.508 e. The molecule has 125 heavy (non-hydrogen) atoms. The van der Waals surface area contributed by atoms with Gasteiger partial charge in [0, 0.05) is 123 Å². The van der Waals surface area contributed by atoms with E-state index in [9.17, 15) is 148 Å². The highest BCUT2D eigenvalue weighted by molar-refractivity contribution is 6.02. The second-order valence-corrected chi connectivity index (χ2v) is 28.8. The number of hydrogen-bond donors (Lipinski definition) is 19. The minimum atomic E-state index is -2.09. The van der Waals surface area contributed by atoms with E-state index in [0.717, 1.165) is 11.5 Å². The number of carbonyl (C=O) groups is 18. The number of nitrogens with one attached hydrogen (secondary N) is 10. The molecule has 1 heterocycles. The van der Waals surface area contributed by atoms with Crippen LogP contribution in [0.4, 0.5) is 16.2 Å². The Kier molecular flexibility index (Phi) is 42.4. The maximum Gasteiger partial charge on any atom is 0.326 e. The molecule has 0 spiro atoms. The molecule has 680 valence electrons. The number of urea groups is 1. The van der Waals surface area contributed by atoms with Gasteiger partial charge in [-0.15, -0.1) is 0 Å². The molecule has 2 unspecified atom stereocenters. The molecule has 48 nitrogen and oxygen atoms in total. The predicted molar refractivity (Wildman–Crippen MR) is 430 cm³/mol. The molecule has 10 amide bonds. The van der Waals surface area contributed by atoms with Crippen molar-refractivity contribution in [1.29, 1.82) is 0 Å². The number of phenolic OH excluding ortho intramolecular Hbond substituents is 1. The van der Waals surface area contributed by atoms with Crippen LogP contribution in [-0.2, 0) is 94.3 Å². The SMILES string of the molecule is O=COCC[C@H](NC(=O)N[C@@H](CCC(=O)NC(CCCNC(=O)CCC(=O)NCCCC[C@@H](NC(=O)[C@@H](Cc1ccc2ccccc2c1)NC(=O)[C@@H](Cc1ccc(O)cc1)NC(=O)[C@H](CNC(=O)CCC(C(=O)O)N1CCN(CC(=O)O)CCN(CC(=O)O)CCN(CC(=O)O)CC1)NC(=O)c1ccc([N+](=O)[O-])cc1[N+](=O)[O-])C(=O)O)C(=O)O)C(=O)O)C(=O)O. The van der Waals surface area contributed by atoms with Gasteiger partial charge in [-0.25, -0.2) is 24.0 Å². The van der Waals surface area contributed by atoms with Crippen LogP contribution < -0.4 is 53.2 Å². The third-order valence-corrected chi connectivity index (χ3v) is 19.5. The van der Waals surface area contributed by atoms with E-state index in [2.05, 4.69) is 47.3 Å². The Morgan fingerprint density at radius 3 is 1.39 bits per heavy atom. The lowest BCUT2D eigenvalue weighted by atomic mass is 9.99. The molecule has 0 bridgehead atoms. The molecule has 4 aromatic carbocycles. The number of hydrogen-bond acceptors (Lipinski definition) is 28. The molecule has 19 N–H and O–H groups in total. The number of ether oxygens (including phenoxy) is 1. The van der Waals surface area contributed by atoms with Crippen molar-refractivity contribution in [3.05, 3.63) is 122 Å². The average Bonchev–Trinajstić information content (AvgIpc) is 0.825. The van der Waals surface area contributed by atoms with E-state index in [1.54, 1.807) is 42.5 Å². The van der Waals surface area contributed by atoms with E-state index < -0.39 is 241 Å². The first-order valence-electron chi connectivity index (χ1n) is 39.1. The van der Waals surface area contributed by atoms with Gasteiger partial charge in [0.2, 0.25) is 41.4 Å². The Labute approximate surface area is 710 Å². The number of carbonyl (C=O) groups excluding carboxylic acids is 10. The molecule has 8 atom stereocenters. The molecule has 48 heteroatoms. The summed E-state index contributed by atoms with van der Waals surface area (Å²) in [5, 5.41) is 138. The Morgan fingerprint density at radius 2 is 0.880 bits per heavy atom. The van der Waals surface area contributed by atoms with Crippen LogP contribution in [0.1, 0.15) is 98.5 Å². The maximum atomic E-state index is 15.1. The fraction of sp³-hybridized carbons (Fsp3) is 0.481. The van der Waals surface area contributed by atoms with Gasteiger partial charge in [0.05, 0.1) is 42.2 Å². The van der Waals surface area contributed by atoms with E-state index in [4.69, 9.17) is 0 Å². The number of carboxylic acid groups (broad SMARTS) is 8. The van der Waals surface area contributed by atoms with Crippen LogP contribution in [-0.4, -0.2) is 329 Å². The Balaban J connectivity index is 1.29. The van der Waals surface area contributed by atoms with E-state index >= 15 is 4.79 Å². The summed E-state index contributed by atoms with van der Waals surface area (Å²) in [4.78, 5) is 258. The highest BCUT2D eigenvalue weighted by atomic mass is 16.6. The number of fused-ring (bicyclic) bond motifs is 1. The summed E-state index contributed by atoms with van der Waals surface area (Å²) in [6.07, 6.45) is -4.72. The quantitative estimate of drug-likeness (QED) is 0.00932. The normalized spacial score (nSPS) is 14.8. The number of nitrogens with zero attached hydrogens (tertiary/aromatic N) is 6. The van der Waals surface area contributed by atoms with Crippen LogP contribution in [0.2, 0.25) is 0 Å². The van der Waals surface area contributed by atoms with Gasteiger partial charge in [-0.1, -0.05) is 54.6 Å². The highest BCUT2D eigenvalue weighted by Crippen LogP contribution is 2.26. The summed E-state index contributed by atoms with van der Waals surface area (Å²) < 4.78 is 4.41. The van der Waals surface area contributed by atoms with Crippen molar-refractivity contribution in [2.45, 2.75) is 138 Å². The summed E-state index contributed by atoms with van der Waals surface area (Å²) in [6, 6.07) is 4.06. The molecule has 1 aliphatic rings. The van der Waals surface area contributed by atoms with Crippen LogP contribution in [0.15, 0.2) is 84.9 Å². The zero-order chi connectivity index (χ0) is 92.4. The molecular formula is C77H100N16O32. The number of aromatic hydroxyl groups is 1. The second-order valence-electron chi connectivity index (χ2n) is 28.8. The highest BCUT2D eigenvalue weighted by Gasteiger charge is 2.36. The number of unbranched alkanes of at least 4 members (excludes halogenated alkanes) is 1. The Hall–Kier alpha value is -14.2. The van der Waals surface area contributed by atoms with Crippen molar-refractivity contribution in [3.63, 3.8) is 0 Å². The first-order chi connectivity index (χ1) is 59.3. The number of aliphatic carboxylic acids is 8. The molecule has 0 aliphatic carbocycles. The first kappa shape index (κ1) is 101. The zero-order valence-electron chi connectivity index (χ0n) is 67.4. The molecular weight excluding hydrogens is 1660 g/mol.